The molecule has 0 spiro atoms. The van der Waals surface area contributed by atoms with E-state index in [0.29, 0.717) is 38.1 Å². The minimum Gasteiger partial charge on any atom is -1.00 e. The smallest absolute Gasteiger partial charge is 1.00 e. The number of halogens is 2. The predicted molar refractivity (Wildman–Crippen MR) is 208 cm³/mol. The molecule has 11 nitrogen and oxygen atoms in total. The van der Waals surface area contributed by atoms with Gasteiger partial charge < -0.3 is 41.1 Å². The van der Waals surface area contributed by atoms with E-state index in [9.17, 15) is 19.1 Å². The van der Waals surface area contributed by atoms with Crippen LogP contribution in [0.2, 0.25) is 0 Å². The molecule has 292 valence electrons. The van der Waals surface area contributed by atoms with E-state index >= 15 is 0 Å². The molecule has 6 rings (SSSR count). The SMILES string of the molecule is BrCC1=C(c2ccccc2)COCC1.C.O=CO[O-].O=Cc1c(O)cccc1O.O=Cc1c(O)cccc1OCC1=C(c2ccccc2)COCC1.[2H]CF.[H-].[K+].[K+]. The van der Waals surface area contributed by atoms with E-state index in [0.717, 1.165) is 48.1 Å². The number of hydrogen-bond donors (Lipinski definition) is 3. The monoisotopic (exact) mass is 891 g/mol. The first-order valence-electron chi connectivity index (χ1n) is 16.7. The van der Waals surface area contributed by atoms with Gasteiger partial charge in [-0.05, 0) is 65.0 Å². The van der Waals surface area contributed by atoms with Crippen molar-refractivity contribution in [3.63, 3.8) is 0 Å². The number of benzene rings is 4. The van der Waals surface area contributed by atoms with Crippen LogP contribution in [0.25, 0.3) is 11.1 Å². The number of hydrogen-bond acceptors (Lipinski definition) is 11. The van der Waals surface area contributed by atoms with Crippen molar-refractivity contribution in [3.05, 3.63) is 130 Å². The molecule has 0 fully saturated rings. The summed E-state index contributed by atoms with van der Waals surface area (Å²) in [6.45, 7) is 3.03. The van der Waals surface area contributed by atoms with E-state index in [-0.39, 0.29) is 146 Å². The van der Waals surface area contributed by atoms with Gasteiger partial charge >= 0.3 is 103 Å². The largest absolute Gasteiger partial charge is 1.00 e. The first-order valence-corrected chi connectivity index (χ1v) is 17.1. The van der Waals surface area contributed by atoms with Crippen molar-refractivity contribution in [1.82, 2.24) is 0 Å². The third kappa shape index (κ3) is 19.1. The van der Waals surface area contributed by atoms with Gasteiger partial charge in [-0.15, -0.1) is 0 Å². The Morgan fingerprint density at radius 2 is 1.16 bits per heavy atom. The molecule has 0 radical (unpaired) electrons. The number of phenolic OH excluding ortho intramolecular Hbond substituents is 3. The standard InChI is InChI=1S/C19H18O4.C12H13BrO.C7H6O3.CH3F.CH2O3.CH4.2K.H/c20-11-16-18(21)7-4-8-19(16)23-12-15-9-10-22-13-17(15)14-5-2-1-3-6-14;13-8-11-6-7-14-9-12(11)10-4-2-1-3-5-10;8-4-5-6(9)2-1-3-7(5)10;1-2;2-1-4-3;;;;/h1-8,11,21H,9-10,12-13H2;1-5H,6-9H2;1-4,9-10H;1H3;1,3H;1H4;;;/q;;;;;;2*+1;-1/p-1/i;;;1D;;;;;. The van der Waals surface area contributed by atoms with Crippen LogP contribution in [0.5, 0.6) is 23.0 Å². The Balaban J connectivity index is -0.000000745. The van der Waals surface area contributed by atoms with E-state index in [2.05, 4.69) is 57.2 Å². The molecule has 2 heterocycles. The summed E-state index contributed by atoms with van der Waals surface area (Å²) < 4.78 is 32.4. The second-order valence-corrected chi connectivity index (χ2v) is 11.3. The summed E-state index contributed by atoms with van der Waals surface area (Å²) in [6.07, 6.45) is 2.86. The molecule has 3 N–H and O–H groups in total. The van der Waals surface area contributed by atoms with Crippen LogP contribution in [0.1, 0.15) is 54.9 Å². The van der Waals surface area contributed by atoms with Crippen LogP contribution in [0.4, 0.5) is 4.39 Å². The number of phenols is 3. The summed E-state index contributed by atoms with van der Waals surface area (Å²) >= 11 is 3.54. The summed E-state index contributed by atoms with van der Waals surface area (Å²) in [4.78, 5) is 32.5. The molecule has 2 aliphatic heterocycles. The third-order valence-corrected chi connectivity index (χ3v) is 8.31. The maximum atomic E-state index is 11.1. The van der Waals surface area contributed by atoms with Crippen molar-refractivity contribution in [2.45, 2.75) is 20.3 Å². The quantitative estimate of drug-likeness (QED) is 0.0730. The van der Waals surface area contributed by atoms with E-state index in [1.807, 2.05) is 24.3 Å². The van der Waals surface area contributed by atoms with Gasteiger partial charge in [0.15, 0.2) is 12.6 Å². The van der Waals surface area contributed by atoms with Gasteiger partial charge in [0, 0.05) is 5.33 Å². The summed E-state index contributed by atoms with van der Waals surface area (Å²) in [5.74, 6) is -0.0712. The van der Waals surface area contributed by atoms with Crippen LogP contribution in [-0.4, -0.2) is 79.9 Å². The second kappa shape index (κ2) is 33.9. The number of rotatable bonds is 9. The fraction of sp³-hybridized carbons (Fsp3) is 0.244. The van der Waals surface area contributed by atoms with Gasteiger partial charge in [-0.3, -0.25) is 18.8 Å². The maximum absolute atomic E-state index is 11.1. The molecular formula is C41H46BrFK2O11. The number of alkyl halides is 2. The topological polar surface area (TPSA) is 172 Å². The number of aromatic hydroxyl groups is 3. The maximum Gasteiger partial charge on any atom is 1.00 e. The molecule has 0 atom stereocenters. The molecule has 0 unspecified atom stereocenters. The Morgan fingerprint density at radius 1 is 0.750 bits per heavy atom. The van der Waals surface area contributed by atoms with Crippen LogP contribution in [0, 0.1) is 0 Å². The van der Waals surface area contributed by atoms with Crippen LogP contribution >= 0.6 is 15.9 Å². The average Bonchev–Trinajstić information content (AvgIpc) is 3.22. The zero-order valence-electron chi connectivity index (χ0n) is 32.7. The fourth-order valence-electron chi connectivity index (χ4n) is 5.01. The summed E-state index contributed by atoms with van der Waals surface area (Å²) in [5, 5.41) is 36.9. The Kier molecular flexibility index (Phi) is 32.6. The van der Waals surface area contributed by atoms with Crippen molar-refractivity contribution in [2.75, 3.05) is 45.5 Å². The van der Waals surface area contributed by atoms with Crippen LogP contribution in [0.15, 0.2) is 108 Å². The molecule has 0 aliphatic carbocycles. The van der Waals surface area contributed by atoms with Crippen molar-refractivity contribution in [1.29, 1.82) is 0 Å². The molecule has 0 bridgehead atoms. The van der Waals surface area contributed by atoms with E-state index in [1.165, 1.54) is 41.0 Å². The molecule has 56 heavy (non-hydrogen) atoms. The first kappa shape index (κ1) is 53.9. The molecule has 0 aromatic heterocycles. The van der Waals surface area contributed by atoms with E-state index in [4.69, 9.17) is 35.8 Å². The minimum absolute atomic E-state index is 0. The Bertz CT molecular complexity index is 1790. The number of ether oxygens (including phenoxy) is 3. The molecule has 2 aliphatic rings. The van der Waals surface area contributed by atoms with Gasteiger partial charge in [0.2, 0.25) is 0 Å². The zero-order chi connectivity index (χ0) is 39.6. The number of carbonyl (C=O) groups is 3. The minimum atomic E-state index is -1.00. The number of carbonyl (C=O) groups excluding carboxylic acids is 3. The summed E-state index contributed by atoms with van der Waals surface area (Å²) in [5.41, 5.74) is 7.64. The molecule has 15 heteroatoms. The Morgan fingerprint density at radius 3 is 1.57 bits per heavy atom. The Hall–Kier alpha value is -2.07. The van der Waals surface area contributed by atoms with E-state index in [1.54, 1.807) is 12.1 Å². The van der Waals surface area contributed by atoms with Crippen molar-refractivity contribution in [2.24, 2.45) is 0 Å². The molecule has 4 aromatic rings. The van der Waals surface area contributed by atoms with Gasteiger partial charge in [-0.1, -0.05) is 102 Å². The van der Waals surface area contributed by atoms with Gasteiger partial charge in [-0.2, -0.15) is 0 Å². The molecule has 0 saturated carbocycles. The zero-order valence-corrected chi connectivity index (χ0v) is 38.5. The van der Waals surface area contributed by atoms with Gasteiger partial charge in [0.05, 0.1) is 46.1 Å². The summed E-state index contributed by atoms with van der Waals surface area (Å²) in [7, 11) is -1.00. The number of aldehydes is 2. The average molecular weight is 893 g/mol. The molecule has 0 saturated heterocycles. The van der Waals surface area contributed by atoms with E-state index < -0.39 is 7.15 Å². The second-order valence-electron chi connectivity index (χ2n) is 10.8. The van der Waals surface area contributed by atoms with Gasteiger partial charge in [0.25, 0.3) is 6.47 Å². The van der Waals surface area contributed by atoms with Crippen LogP contribution in [-0.2, 0) is 19.2 Å². The van der Waals surface area contributed by atoms with Crippen LogP contribution < -0.4 is 113 Å². The predicted octanol–water partition coefficient (Wildman–Crippen LogP) is 1.40. The van der Waals surface area contributed by atoms with Crippen LogP contribution in [0.3, 0.4) is 0 Å². The van der Waals surface area contributed by atoms with Crippen molar-refractivity contribution < 1.29 is 164 Å². The summed E-state index contributed by atoms with van der Waals surface area (Å²) in [6, 6.07) is 29.5. The normalized spacial score (nSPS) is 12.7. The fourth-order valence-corrected chi connectivity index (χ4v) is 5.63. The van der Waals surface area contributed by atoms with Gasteiger partial charge in [-0.25, -0.2) is 0 Å². The van der Waals surface area contributed by atoms with Crippen molar-refractivity contribution in [3.8, 4) is 23.0 Å². The first-order chi connectivity index (χ1) is 26.3. The molecule has 4 aromatic carbocycles. The third-order valence-electron chi connectivity index (χ3n) is 7.63. The Labute approximate surface area is 423 Å². The molecular weight excluding hydrogens is 846 g/mol. The van der Waals surface area contributed by atoms with Crippen molar-refractivity contribution >= 4 is 46.1 Å². The van der Waals surface area contributed by atoms with Gasteiger partial charge in [0.1, 0.15) is 29.6 Å². The molecule has 0 amide bonds.